The normalized spacial score (nSPS) is 13.6. The van der Waals surface area contributed by atoms with E-state index >= 15 is 0 Å². The maximum Gasteiger partial charge on any atom is 0.163 e. The van der Waals surface area contributed by atoms with Gasteiger partial charge in [0.25, 0.3) is 0 Å². The van der Waals surface area contributed by atoms with Crippen molar-refractivity contribution in [3.63, 3.8) is 0 Å². The molecule has 0 radical (unpaired) electrons. The number of aromatic hydroxyl groups is 1. The fourth-order valence-corrected chi connectivity index (χ4v) is 2.37. The van der Waals surface area contributed by atoms with Gasteiger partial charge in [0.1, 0.15) is 30.6 Å². The number of ether oxygens (including phenoxy) is 2. The molecule has 1 aliphatic rings. The summed E-state index contributed by atoms with van der Waals surface area (Å²) in [5, 5.41) is 9.26. The van der Waals surface area contributed by atoms with Crippen molar-refractivity contribution in [1.29, 1.82) is 0 Å². The fraction of sp³-hybridized carbons (Fsp3) is 0.133. The average Bonchev–Trinajstić information content (AvgIpc) is 2.87. The largest absolute Gasteiger partial charge is 0.508 e. The summed E-state index contributed by atoms with van der Waals surface area (Å²) in [6.07, 6.45) is 0. The summed E-state index contributed by atoms with van der Waals surface area (Å²) in [5.41, 5.74) is 1.70. The SMILES string of the molecule is Oc1ccc(-c2nc3cc4c(cc3[nH]2)OCCO4)c(F)c1. The molecule has 1 aromatic heterocycles. The first-order chi connectivity index (χ1) is 10.2. The van der Waals surface area contributed by atoms with Gasteiger partial charge in [-0.2, -0.15) is 0 Å². The lowest BCUT2D eigenvalue weighted by Gasteiger charge is -2.17. The van der Waals surface area contributed by atoms with Crippen molar-refractivity contribution >= 4 is 11.0 Å². The molecule has 5 nitrogen and oxygen atoms in total. The first-order valence-electron chi connectivity index (χ1n) is 6.49. The lowest BCUT2D eigenvalue weighted by molar-refractivity contribution is 0.172. The molecule has 0 fully saturated rings. The van der Waals surface area contributed by atoms with Gasteiger partial charge in [0.15, 0.2) is 11.5 Å². The summed E-state index contributed by atoms with van der Waals surface area (Å²) < 4.78 is 24.9. The smallest absolute Gasteiger partial charge is 0.163 e. The van der Waals surface area contributed by atoms with Crippen LogP contribution in [0.15, 0.2) is 30.3 Å². The number of hydrogen-bond donors (Lipinski definition) is 2. The molecule has 2 N–H and O–H groups in total. The van der Waals surface area contributed by atoms with Gasteiger partial charge < -0.3 is 19.6 Å². The Balaban J connectivity index is 1.86. The van der Waals surface area contributed by atoms with Crippen LogP contribution < -0.4 is 9.47 Å². The molecule has 106 valence electrons. The summed E-state index contributed by atoms with van der Waals surface area (Å²) in [6, 6.07) is 7.51. The van der Waals surface area contributed by atoms with Crippen LogP contribution in [0.4, 0.5) is 4.39 Å². The molecule has 0 bridgehead atoms. The lowest BCUT2D eigenvalue weighted by atomic mass is 10.2. The van der Waals surface area contributed by atoms with Crippen molar-refractivity contribution in [2.45, 2.75) is 0 Å². The molecule has 0 saturated carbocycles. The van der Waals surface area contributed by atoms with Crippen LogP contribution in [0.3, 0.4) is 0 Å². The first kappa shape index (κ1) is 12.0. The zero-order chi connectivity index (χ0) is 14.4. The molecule has 4 rings (SSSR count). The van der Waals surface area contributed by atoms with Crippen LogP contribution in [0.2, 0.25) is 0 Å². The number of halogens is 1. The highest BCUT2D eigenvalue weighted by Gasteiger charge is 2.16. The molecule has 0 atom stereocenters. The van der Waals surface area contributed by atoms with E-state index in [1.807, 2.05) is 0 Å². The van der Waals surface area contributed by atoms with Crippen LogP contribution in [-0.4, -0.2) is 28.3 Å². The maximum atomic E-state index is 13.9. The molecule has 0 aliphatic carbocycles. The van der Waals surface area contributed by atoms with E-state index in [0.717, 1.165) is 11.6 Å². The topological polar surface area (TPSA) is 67.4 Å². The zero-order valence-corrected chi connectivity index (χ0v) is 10.9. The Hall–Kier alpha value is -2.76. The molecular weight excluding hydrogens is 275 g/mol. The van der Waals surface area contributed by atoms with E-state index in [1.54, 1.807) is 12.1 Å². The molecular formula is C15H11FN2O3. The van der Waals surface area contributed by atoms with Gasteiger partial charge in [-0.15, -0.1) is 0 Å². The van der Waals surface area contributed by atoms with E-state index in [2.05, 4.69) is 9.97 Å². The minimum atomic E-state index is -0.536. The number of rotatable bonds is 1. The molecule has 1 aliphatic heterocycles. The van der Waals surface area contributed by atoms with Crippen LogP contribution in [0.5, 0.6) is 17.2 Å². The second-order valence-corrected chi connectivity index (χ2v) is 4.76. The number of benzene rings is 2. The van der Waals surface area contributed by atoms with Crippen molar-refractivity contribution in [3.8, 4) is 28.6 Å². The highest BCUT2D eigenvalue weighted by Crippen LogP contribution is 2.35. The summed E-state index contributed by atoms with van der Waals surface area (Å²) in [6.45, 7) is 1.01. The number of hydrogen-bond acceptors (Lipinski definition) is 4. The molecule has 0 unspecified atom stereocenters. The highest BCUT2D eigenvalue weighted by atomic mass is 19.1. The number of H-pyrrole nitrogens is 1. The Morgan fingerprint density at radius 2 is 1.86 bits per heavy atom. The van der Waals surface area contributed by atoms with Gasteiger partial charge in [0.2, 0.25) is 0 Å². The third-order valence-electron chi connectivity index (χ3n) is 3.35. The van der Waals surface area contributed by atoms with E-state index < -0.39 is 5.82 Å². The highest BCUT2D eigenvalue weighted by molar-refractivity contribution is 5.83. The molecule has 2 aromatic carbocycles. The number of phenolic OH excluding ortho intramolecular Hbond substituents is 1. The molecule has 21 heavy (non-hydrogen) atoms. The van der Waals surface area contributed by atoms with Crippen LogP contribution in [0.25, 0.3) is 22.4 Å². The van der Waals surface area contributed by atoms with Crippen LogP contribution in [0.1, 0.15) is 0 Å². The van der Waals surface area contributed by atoms with Gasteiger partial charge in [-0.3, -0.25) is 0 Å². The monoisotopic (exact) mass is 286 g/mol. The Morgan fingerprint density at radius 1 is 1.10 bits per heavy atom. The molecule has 0 amide bonds. The number of nitrogens with zero attached hydrogens (tertiary/aromatic N) is 1. The van der Waals surface area contributed by atoms with E-state index in [0.29, 0.717) is 41.6 Å². The van der Waals surface area contributed by atoms with Crippen LogP contribution in [0, 0.1) is 5.82 Å². The summed E-state index contributed by atoms with van der Waals surface area (Å²) in [7, 11) is 0. The second kappa shape index (κ2) is 4.37. The summed E-state index contributed by atoms with van der Waals surface area (Å²) in [4.78, 5) is 7.42. The minimum absolute atomic E-state index is 0.121. The Morgan fingerprint density at radius 3 is 2.62 bits per heavy atom. The van der Waals surface area contributed by atoms with Crippen molar-refractivity contribution in [2.24, 2.45) is 0 Å². The van der Waals surface area contributed by atoms with Crippen molar-refractivity contribution in [3.05, 3.63) is 36.1 Å². The standard InChI is InChI=1S/C15H11FN2O3/c16-10-5-8(19)1-2-9(10)15-17-11-6-13-14(7-12(11)18-15)21-4-3-20-13/h1-2,5-7,19H,3-4H2,(H,17,18). The van der Waals surface area contributed by atoms with Crippen LogP contribution >= 0.6 is 0 Å². The fourth-order valence-electron chi connectivity index (χ4n) is 2.37. The van der Waals surface area contributed by atoms with E-state index in [1.165, 1.54) is 12.1 Å². The van der Waals surface area contributed by atoms with Crippen LogP contribution in [-0.2, 0) is 0 Å². The first-order valence-corrected chi connectivity index (χ1v) is 6.49. The number of aromatic nitrogens is 2. The molecule has 3 aromatic rings. The van der Waals surface area contributed by atoms with Gasteiger partial charge >= 0.3 is 0 Å². The second-order valence-electron chi connectivity index (χ2n) is 4.76. The molecule has 2 heterocycles. The Kier molecular flexibility index (Phi) is 2.50. The van der Waals surface area contributed by atoms with E-state index in [9.17, 15) is 9.50 Å². The number of fused-ring (bicyclic) bond motifs is 2. The predicted molar refractivity (Wildman–Crippen MR) is 74.1 cm³/mol. The zero-order valence-electron chi connectivity index (χ0n) is 10.9. The van der Waals surface area contributed by atoms with E-state index in [-0.39, 0.29) is 5.75 Å². The van der Waals surface area contributed by atoms with Gasteiger partial charge in [-0.1, -0.05) is 0 Å². The Labute approximate surface area is 119 Å². The summed E-state index contributed by atoms with van der Waals surface area (Å²) >= 11 is 0. The molecule has 6 heteroatoms. The number of imidazole rings is 1. The lowest BCUT2D eigenvalue weighted by Crippen LogP contribution is -2.15. The molecule has 0 spiro atoms. The van der Waals surface area contributed by atoms with Gasteiger partial charge in [-0.25, -0.2) is 9.37 Å². The summed E-state index contributed by atoms with van der Waals surface area (Å²) in [5.74, 6) is 1.02. The van der Waals surface area contributed by atoms with Gasteiger partial charge in [0.05, 0.1) is 16.6 Å². The predicted octanol–water partition coefficient (Wildman–Crippen LogP) is 2.85. The van der Waals surface area contributed by atoms with Gasteiger partial charge in [0, 0.05) is 18.2 Å². The number of aromatic amines is 1. The third kappa shape index (κ3) is 1.96. The van der Waals surface area contributed by atoms with E-state index in [4.69, 9.17) is 9.47 Å². The third-order valence-corrected chi connectivity index (χ3v) is 3.35. The maximum absolute atomic E-state index is 13.9. The Bertz CT molecular complexity index is 801. The quantitative estimate of drug-likeness (QED) is 0.722. The van der Waals surface area contributed by atoms with Crippen molar-refractivity contribution in [2.75, 3.05) is 13.2 Å². The minimum Gasteiger partial charge on any atom is -0.508 e. The van der Waals surface area contributed by atoms with Crippen molar-refractivity contribution in [1.82, 2.24) is 9.97 Å². The van der Waals surface area contributed by atoms with Gasteiger partial charge in [-0.05, 0) is 12.1 Å². The molecule has 0 saturated heterocycles. The van der Waals surface area contributed by atoms with Crippen molar-refractivity contribution < 1.29 is 19.0 Å². The number of phenols is 1. The number of nitrogens with one attached hydrogen (secondary N) is 1. The average molecular weight is 286 g/mol.